The summed E-state index contributed by atoms with van der Waals surface area (Å²) < 4.78 is 4.78. The van der Waals surface area contributed by atoms with Crippen LogP contribution in [-0.2, 0) is 14.3 Å². The SMILES string of the molecule is COC(CC(C)(C)CC=O)C(=O)O. The number of carbonyl (C=O) groups excluding carboxylic acids is 1. The van der Waals surface area contributed by atoms with Gasteiger partial charge in [0.15, 0.2) is 6.10 Å². The van der Waals surface area contributed by atoms with Crippen molar-refractivity contribution in [3.05, 3.63) is 0 Å². The highest BCUT2D eigenvalue weighted by molar-refractivity contribution is 5.72. The minimum atomic E-state index is -0.985. The Bertz CT molecular complexity index is 186. The van der Waals surface area contributed by atoms with E-state index in [0.29, 0.717) is 12.8 Å². The Morgan fingerprint density at radius 3 is 2.46 bits per heavy atom. The Balaban J connectivity index is 4.20. The quantitative estimate of drug-likeness (QED) is 0.634. The van der Waals surface area contributed by atoms with E-state index in [9.17, 15) is 9.59 Å². The standard InChI is InChI=1S/C9H16O4/c1-9(2,4-5-10)6-7(13-3)8(11)12/h5,7H,4,6H2,1-3H3,(H,11,12). The van der Waals surface area contributed by atoms with Gasteiger partial charge in [0.05, 0.1) is 0 Å². The van der Waals surface area contributed by atoms with E-state index in [1.54, 1.807) is 0 Å². The van der Waals surface area contributed by atoms with Gasteiger partial charge in [0.25, 0.3) is 0 Å². The summed E-state index contributed by atoms with van der Waals surface area (Å²) in [5, 5.41) is 8.69. The zero-order valence-electron chi connectivity index (χ0n) is 8.24. The van der Waals surface area contributed by atoms with Crippen LogP contribution in [-0.4, -0.2) is 30.6 Å². The molecule has 0 amide bonds. The second-order valence-electron chi connectivity index (χ2n) is 3.80. The van der Waals surface area contributed by atoms with E-state index in [-0.39, 0.29) is 5.41 Å². The monoisotopic (exact) mass is 188 g/mol. The molecule has 1 N–H and O–H groups in total. The summed E-state index contributed by atoms with van der Waals surface area (Å²) in [5.41, 5.74) is -0.319. The maximum atomic E-state index is 10.6. The van der Waals surface area contributed by atoms with Crippen LogP contribution in [0.2, 0.25) is 0 Å². The Morgan fingerprint density at radius 2 is 2.15 bits per heavy atom. The van der Waals surface area contributed by atoms with E-state index in [0.717, 1.165) is 6.29 Å². The first-order chi connectivity index (χ1) is 5.93. The third kappa shape index (κ3) is 4.62. The van der Waals surface area contributed by atoms with Crippen molar-refractivity contribution in [1.29, 1.82) is 0 Å². The molecule has 1 unspecified atom stereocenters. The number of hydrogen-bond donors (Lipinski definition) is 1. The molecule has 0 rings (SSSR count). The van der Waals surface area contributed by atoms with Crippen LogP contribution in [0.4, 0.5) is 0 Å². The average molecular weight is 188 g/mol. The number of aldehydes is 1. The lowest BCUT2D eigenvalue weighted by Crippen LogP contribution is -2.29. The van der Waals surface area contributed by atoms with Crippen LogP contribution >= 0.6 is 0 Å². The van der Waals surface area contributed by atoms with Gasteiger partial charge in [-0.25, -0.2) is 4.79 Å². The van der Waals surface area contributed by atoms with Gasteiger partial charge in [-0.2, -0.15) is 0 Å². The lowest BCUT2D eigenvalue weighted by Gasteiger charge is -2.24. The summed E-state index contributed by atoms with van der Waals surface area (Å²) >= 11 is 0. The van der Waals surface area contributed by atoms with Gasteiger partial charge < -0.3 is 14.6 Å². The summed E-state index contributed by atoms with van der Waals surface area (Å²) in [4.78, 5) is 20.9. The first-order valence-corrected chi connectivity index (χ1v) is 4.12. The van der Waals surface area contributed by atoms with Crippen LogP contribution in [0.3, 0.4) is 0 Å². The highest BCUT2D eigenvalue weighted by Crippen LogP contribution is 2.26. The lowest BCUT2D eigenvalue weighted by atomic mass is 9.84. The van der Waals surface area contributed by atoms with Crippen LogP contribution in [0.1, 0.15) is 26.7 Å². The molecule has 0 heterocycles. The van der Waals surface area contributed by atoms with Gasteiger partial charge in [0, 0.05) is 13.5 Å². The minimum Gasteiger partial charge on any atom is -0.479 e. The minimum absolute atomic E-state index is 0.319. The third-order valence-corrected chi connectivity index (χ3v) is 1.93. The van der Waals surface area contributed by atoms with Crippen molar-refractivity contribution < 1.29 is 19.4 Å². The fraction of sp³-hybridized carbons (Fsp3) is 0.778. The molecule has 0 radical (unpaired) electrons. The Labute approximate surface area is 77.9 Å². The number of carbonyl (C=O) groups is 2. The number of carboxylic acid groups (broad SMARTS) is 1. The molecule has 0 fully saturated rings. The molecule has 1 atom stereocenters. The number of carboxylic acids is 1. The molecule has 0 aromatic heterocycles. The van der Waals surface area contributed by atoms with Crippen molar-refractivity contribution in [2.45, 2.75) is 32.8 Å². The Hall–Kier alpha value is -0.900. The first kappa shape index (κ1) is 12.1. The number of aliphatic carboxylic acids is 1. The molecule has 4 nitrogen and oxygen atoms in total. The van der Waals surface area contributed by atoms with Gasteiger partial charge in [-0.15, -0.1) is 0 Å². The van der Waals surface area contributed by atoms with Crippen LogP contribution in [0.25, 0.3) is 0 Å². The second-order valence-corrected chi connectivity index (χ2v) is 3.80. The van der Waals surface area contributed by atoms with Crippen LogP contribution in [0, 0.1) is 5.41 Å². The van der Waals surface area contributed by atoms with E-state index in [1.165, 1.54) is 7.11 Å². The average Bonchev–Trinajstić information content (AvgIpc) is 1.99. The molecule has 0 saturated carbocycles. The molecule has 0 spiro atoms. The van der Waals surface area contributed by atoms with Crippen LogP contribution < -0.4 is 0 Å². The second kappa shape index (κ2) is 4.97. The maximum absolute atomic E-state index is 10.6. The van der Waals surface area contributed by atoms with Gasteiger partial charge >= 0.3 is 5.97 Å². The first-order valence-electron chi connectivity index (χ1n) is 4.12. The fourth-order valence-corrected chi connectivity index (χ4v) is 1.08. The summed E-state index contributed by atoms with van der Waals surface area (Å²) in [5.74, 6) is -0.985. The fourth-order valence-electron chi connectivity index (χ4n) is 1.08. The summed E-state index contributed by atoms with van der Waals surface area (Å²) in [6.45, 7) is 3.69. The number of methoxy groups -OCH3 is 1. The topological polar surface area (TPSA) is 63.6 Å². The van der Waals surface area contributed by atoms with E-state index in [2.05, 4.69) is 0 Å². The maximum Gasteiger partial charge on any atom is 0.332 e. The van der Waals surface area contributed by atoms with Gasteiger partial charge in [-0.3, -0.25) is 0 Å². The highest BCUT2D eigenvalue weighted by Gasteiger charge is 2.27. The molecule has 0 aliphatic carbocycles. The smallest absolute Gasteiger partial charge is 0.332 e. The highest BCUT2D eigenvalue weighted by atomic mass is 16.5. The molecule has 76 valence electrons. The van der Waals surface area contributed by atoms with Crippen molar-refractivity contribution in [3.63, 3.8) is 0 Å². The normalized spacial score (nSPS) is 13.8. The van der Waals surface area contributed by atoms with Crippen molar-refractivity contribution >= 4 is 12.3 Å². The predicted molar refractivity (Wildman–Crippen MR) is 47.5 cm³/mol. The van der Waals surface area contributed by atoms with Crippen molar-refractivity contribution in [2.75, 3.05) is 7.11 Å². The number of rotatable bonds is 6. The lowest BCUT2D eigenvalue weighted by molar-refractivity contribution is -0.150. The zero-order valence-corrected chi connectivity index (χ0v) is 8.24. The molecular weight excluding hydrogens is 172 g/mol. The van der Waals surface area contributed by atoms with Gasteiger partial charge in [-0.1, -0.05) is 13.8 Å². The molecule has 13 heavy (non-hydrogen) atoms. The van der Waals surface area contributed by atoms with Gasteiger partial charge in [0.2, 0.25) is 0 Å². The Morgan fingerprint density at radius 1 is 1.62 bits per heavy atom. The molecule has 0 aromatic rings. The third-order valence-electron chi connectivity index (χ3n) is 1.93. The van der Waals surface area contributed by atoms with E-state index in [4.69, 9.17) is 9.84 Å². The Kier molecular flexibility index (Phi) is 4.62. The molecule has 0 aliphatic heterocycles. The molecule has 0 aliphatic rings. The molecule has 4 heteroatoms. The van der Waals surface area contributed by atoms with Crippen molar-refractivity contribution in [3.8, 4) is 0 Å². The van der Waals surface area contributed by atoms with Crippen molar-refractivity contribution in [2.24, 2.45) is 5.41 Å². The van der Waals surface area contributed by atoms with E-state index >= 15 is 0 Å². The number of hydrogen-bond acceptors (Lipinski definition) is 3. The summed E-state index contributed by atoms with van der Waals surface area (Å²) in [6, 6.07) is 0. The van der Waals surface area contributed by atoms with Crippen LogP contribution in [0.5, 0.6) is 0 Å². The van der Waals surface area contributed by atoms with Gasteiger partial charge in [-0.05, 0) is 11.8 Å². The molecule has 0 aromatic carbocycles. The summed E-state index contributed by atoms with van der Waals surface area (Å²) in [6.07, 6.45) is 0.668. The predicted octanol–water partition coefficient (Wildman–Crippen LogP) is 1.09. The number of ether oxygens (including phenoxy) is 1. The van der Waals surface area contributed by atoms with Gasteiger partial charge in [0.1, 0.15) is 6.29 Å². The van der Waals surface area contributed by atoms with Crippen LogP contribution in [0.15, 0.2) is 0 Å². The summed E-state index contributed by atoms with van der Waals surface area (Å²) in [7, 11) is 1.36. The van der Waals surface area contributed by atoms with E-state index in [1.807, 2.05) is 13.8 Å². The largest absolute Gasteiger partial charge is 0.479 e. The van der Waals surface area contributed by atoms with E-state index < -0.39 is 12.1 Å². The molecule has 0 saturated heterocycles. The zero-order chi connectivity index (χ0) is 10.5. The van der Waals surface area contributed by atoms with Crippen molar-refractivity contribution in [1.82, 2.24) is 0 Å². The molecule has 0 bridgehead atoms. The molecular formula is C9H16O4.